The molecule has 10 heteroatoms. The van der Waals surface area contributed by atoms with E-state index in [0.717, 1.165) is 10.7 Å². The van der Waals surface area contributed by atoms with Gasteiger partial charge in [-0.1, -0.05) is 0 Å². The molecule has 2 saturated heterocycles. The molecule has 2 aromatic rings. The minimum absolute atomic E-state index is 0. The Kier molecular flexibility index (Phi) is 6.05. The summed E-state index contributed by atoms with van der Waals surface area (Å²) in [5, 5.41) is 2.65. The number of imide groups is 1. The Labute approximate surface area is 167 Å². The summed E-state index contributed by atoms with van der Waals surface area (Å²) < 4.78 is 10.5. The summed E-state index contributed by atoms with van der Waals surface area (Å²) in [4.78, 5) is 42.0. The summed E-state index contributed by atoms with van der Waals surface area (Å²) in [5.74, 6) is 0.681. The summed E-state index contributed by atoms with van der Waals surface area (Å²) in [5.41, 5.74) is 0. The lowest BCUT2D eigenvalue weighted by molar-refractivity contribution is -0.133. The van der Waals surface area contributed by atoms with Gasteiger partial charge >= 0.3 is 6.03 Å². The number of urea groups is 1. The number of carbonyl (C=O) groups is 3. The fourth-order valence-corrected chi connectivity index (χ4v) is 3.42. The van der Waals surface area contributed by atoms with Crippen LogP contribution in [-0.2, 0) is 22.7 Å². The number of hydrogen-bond donors (Lipinski definition) is 1. The normalized spacial score (nSPS) is 19.5. The van der Waals surface area contributed by atoms with Crippen molar-refractivity contribution in [1.82, 2.24) is 20.0 Å². The number of piperazine rings is 1. The van der Waals surface area contributed by atoms with E-state index in [1.54, 1.807) is 23.3 Å². The predicted octanol–water partition coefficient (Wildman–Crippen LogP) is 1.06. The zero-order chi connectivity index (χ0) is 18.8. The first-order valence-electron chi connectivity index (χ1n) is 8.77. The van der Waals surface area contributed by atoms with E-state index < -0.39 is 18.0 Å². The topological polar surface area (TPSA) is 99.2 Å². The fourth-order valence-electron chi connectivity index (χ4n) is 3.42. The van der Waals surface area contributed by atoms with Crippen molar-refractivity contribution in [2.75, 3.05) is 26.2 Å². The monoisotopic (exact) mass is 408 g/mol. The zero-order valence-corrected chi connectivity index (χ0v) is 15.9. The lowest BCUT2D eigenvalue weighted by atomic mass is 10.2. The van der Waals surface area contributed by atoms with Crippen molar-refractivity contribution >= 4 is 30.3 Å². The van der Waals surface area contributed by atoms with Gasteiger partial charge in [0.1, 0.15) is 24.1 Å². The summed E-state index contributed by atoms with van der Waals surface area (Å²) in [7, 11) is 0. The third kappa shape index (κ3) is 4.05. The molecule has 4 rings (SSSR count). The van der Waals surface area contributed by atoms with Crippen LogP contribution in [0.5, 0.6) is 0 Å². The highest BCUT2D eigenvalue weighted by molar-refractivity contribution is 6.06. The van der Waals surface area contributed by atoms with Gasteiger partial charge in [0.2, 0.25) is 5.91 Å². The average molecular weight is 409 g/mol. The van der Waals surface area contributed by atoms with Crippen molar-refractivity contribution in [2.24, 2.45) is 0 Å². The molecular formula is C18H21ClN4O5. The van der Waals surface area contributed by atoms with Crippen LogP contribution in [-0.4, -0.2) is 64.8 Å². The van der Waals surface area contributed by atoms with Gasteiger partial charge < -0.3 is 19.1 Å². The molecule has 0 aliphatic carbocycles. The molecule has 4 amide bonds. The van der Waals surface area contributed by atoms with E-state index in [1.165, 1.54) is 6.26 Å². The lowest BCUT2D eigenvalue weighted by Crippen LogP contribution is -2.52. The van der Waals surface area contributed by atoms with Crippen LogP contribution in [0.25, 0.3) is 0 Å². The van der Waals surface area contributed by atoms with Crippen molar-refractivity contribution in [2.45, 2.75) is 19.1 Å². The number of nitrogens with one attached hydrogen (secondary N) is 1. The van der Waals surface area contributed by atoms with Crippen LogP contribution in [0.4, 0.5) is 4.79 Å². The first kappa shape index (κ1) is 20.0. The van der Waals surface area contributed by atoms with Gasteiger partial charge in [-0.2, -0.15) is 0 Å². The number of fused-ring (bicyclic) bond motifs is 1. The van der Waals surface area contributed by atoms with Crippen molar-refractivity contribution in [3.05, 3.63) is 48.3 Å². The van der Waals surface area contributed by atoms with Crippen LogP contribution in [0.2, 0.25) is 0 Å². The van der Waals surface area contributed by atoms with E-state index in [9.17, 15) is 14.4 Å². The molecule has 0 saturated carbocycles. The third-order valence-corrected chi connectivity index (χ3v) is 4.79. The molecule has 2 fully saturated rings. The molecule has 2 aromatic heterocycles. The summed E-state index contributed by atoms with van der Waals surface area (Å²) in [6.07, 6.45) is 3.13. The number of furan rings is 2. The standard InChI is InChI=1S/C18H20N4O5.ClH/c23-16(19-9-13-3-1-7-26-13)12-22-17(24)15-11-20(5-6-21(15)18(22)25)10-14-4-2-8-27-14;/h1-4,7-8,15H,5-6,9-12H2,(H,19,23);1H. The van der Waals surface area contributed by atoms with E-state index in [2.05, 4.69) is 10.2 Å². The second-order valence-corrected chi connectivity index (χ2v) is 6.59. The highest BCUT2D eigenvalue weighted by atomic mass is 35.5. The Hall–Kier alpha value is -2.78. The molecule has 0 aromatic carbocycles. The van der Waals surface area contributed by atoms with Gasteiger partial charge in [-0.3, -0.25) is 19.4 Å². The van der Waals surface area contributed by atoms with E-state index in [0.29, 0.717) is 31.9 Å². The van der Waals surface area contributed by atoms with Gasteiger partial charge in [0, 0.05) is 19.6 Å². The van der Waals surface area contributed by atoms with Gasteiger partial charge in [-0.15, -0.1) is 12.4 Å². The fraction of sp³-hybridized carbons (Fsp3) is 0.389. The molecule has 2 aliphatic rings. The predicted molar refractivity (Wildman–Crippen MR) is 99.4 cm³/mol. The van der Waals surface area contributed by atoms with Crippen LogP contribution in [0.3, 0.4) is 0 Å². The molecule has 28 heavy (non-hydrogen) atoms. The number of rotatable bonds is 6. The van der Waals surface area contributed by atoms with Gasteiger partial charge in [-0.25, -0.2) is 4.79 Å². The van der Waals surface area contributed by atoms with Gasteiger partial charge in [0.05, 0.1) is 25.6 Å². The zero-order valence-electron chi connectivity index (χ0n) is 15.1. The molecule has 0 spiro atoms. The van der Waals surface area contributed by atoms with Crippen molar-refractivity contribution in [3.63, 3.8) is 0 Å². The molecule has 4 heterocycles. The van der Waals surface area contributed by atoms with Gasteiger partial charge in [0.25, 0.3) is 5.91 Å². The SMILES string of the molecule is Cl.O=C(CN1C(=O)C2CN(Cc3ccco3)CCN2C1=O)NCc1ccco1. The van der Waals surface area contributed by atoms with E-state index in [1.807, 2.05) is 12.1 Å². The number of nitrogens with zero attached hydrogens (tertiary/aromatic N) is 3. The highest BCUT2D eigenvalue weighted by Gasteiger charge is 2.48. The quantitative estimate of drug-likeness (QED) is 0.717. The molecule has 0 bridgehead atoms. The summed E-state index contributed by atoms with van der Waals surface area (Å²) in [6.45, 7) is 2.03. The Morgan fingerprint density at radius 2 is 1.82 bits per heavy atom. The maximum absolute atomic E-state index is 12.7. The van der Waals surface area contributed by atoms with Gasteiger partial charge in [0.15, 0.2) is 0 Å². The Bertz CT molecular complexity index is 823. The summed E-state index contributed by atoms with van der Waals surface area (Å²) in [6, 6.07) is 6.19. The van der Waals surface area contributed by atoms with E-state index in [-0.39, 0.29) is 31.4 Å². The van der Waals surface area contributed by atoms with Crippen LogP contribution < -0.4 is 5.32 Å². The Morgan fingerprint density at radius 1 is 1.11 bits per heavy atom. The Balaban J connectivity index is 0.00000225. The number of carbonyl (C=O) groups excluding carboxylic acids is 3. The summed E-state index contributed by atoms with van der Waals surface area (Å²) >= 11 is 0. The minimum Gasteiger partial charge on any atom is -0.468 e. The molecule has 1 N–H and O–H groups in total. The van der Waals surface area contributed by atoms with Gasteiger partial charge in [-0.05, 0) is 24.3 Å². The van der Waals surface area contributed by atoms with Crippen molar-refractivity contribution < 1.29 is 23.2 Å². The number of hydrogen-bond acceptors (Lipinski definition) is 6. The minimum atomic E-state index is -0.556. The van der Waals surface area contributed by atoms with Crippen molar-refractivity contribution in [3.8, 4) is 0 Å². The smallest absolute Gasteiger partial charge is 0.328 e. The second-order valence-electron chi connectivity index (χ2n) is 6.59. The molecule has 2 aliphatic heterocycles. The second kappa shape index (κ2) is 8.49. The number of amides is 4. The average Bonchev–Trinajstić information content (AvgIpc) is 3.40. The maximum Gasteiger partial charge on any atom is 0.328 e. The van der Waals surface area contributed by atoms with E-state index >= 15 is 0 Å². The molecular weight excluding hydrogens is 388 g/mol. The first-order valence-corrected chi connectivity index (χ1v) is 8.77. The Morgan fingerprint density at radius 3 is 2.50 bits per heavy atom. The lowest BCUT2D eigenvalue weighted by Gasteiger charge is -2.34. The largest absolute Gasteiger partial charge is 0.468 e. The first-order chi connectivity index (χ1) is 13.1. The van der Waals surface area contributed by atoms with Crippen LogP contribution >= 0.6 is 12.4 Å². The molecule has 9 nitrogen and oxygen atoms in total. The highest BCUT2D eigenvalue weighted by Crippen LogP contribution is 2.23. The van der Waals surface area contributed by atoms with Crippen LogP contribution in [0.15, 0.2) is 45.6 Å². The van der Waals surface area contributed by atoms with Crippen LogP contribution in [0, 0.1) is 0 Å². The van der Waals surface area contributed by atoms with E-state index in [4.69, 9.17) is 8.83 Å². The molecule has 150 valence electrons. The number of halogens is 1. The molecule has 0 radical (unpaired) electrons. The van der Waals surface area contributed by atoms with Crippen molar-refractivity contribution in [1.29, 1.82) is 0 Å². The third-order valence-electron chi connectivity index (χ3n) is 4.79. The molecule has 1 unspecified atom stereocenters. The van der Waals surface area contributed by atoms with Crippen LogP contribution in [0.1, 0.15) is 11.5 Å². The maximum atomic E-state index is 12.7. The molecule has 1 atom stereocenters.